The highest BCUT2D eigenvalue weighted by molar-refractivity contribution is 7.92. The molecule has 0 unspecified atom stereocenters. The van der Waals surface area contributed by atoms with Crippen LogP contribution in [0.2, 0.25) is 0 Å². The number of amides is 1. The van der Waals surface area contributed by atoms with Crippen LogP contribution in [-0.2, 0) is 14.8 Å². The van der Waals surface area contributed by atoms with E-state index in [0.717, 1.165) is 21.9 Å². The van der Waals surface area contributed by atoms with E-state index in [1.165, 1.54) is 11.3 Å². The number of anilines is 2. The lowest BCUT2D eigenvalue weighted by Gasteiger charge is -2.21. The summed E-state index contributed by atoms with van der Waals surface area (Å²) in [6.07, 6.45) is 1.05. The van der Waals surface area contributed by atoms with Crippen LogP contribution in [0.25, 0.3) is 10.6 Å². The summed E-state index contributed by atoms with van der Waals surface area (Å²) in [5.41, 5.74) is 1.18. The maximum absolute atomic E-state index is 12.5. The predicted molar refractivity (Wildman–Crippen MR) is 120 cm³/mol. The van der Waals surface area contributed by atoms with Crippen molar-refractivity contribution in [2.24, 2.45) is 0 Å². The van der Waals surface area contributed by atoms with E-state index in [9.17, 15) is 13.2 Å². The SMILES string of the molecule is CCOc1ccc(N(CC(=O)Nc2nnc(-c3ccc(OC)cc3)s2)S(C)(=O)=O)cc1. The van der Waals surface area contributed by atoms with E-state index in [-0.39, 0.29) is 5.13 Å². The van der Waals surface area contributed by atoms with E-state index in [1.807, 2.05) is 19.1 Å². The average Bonchev–Trinajstić information content (AvgIpc) is 3.20. The molecule has 164 valence electrons. The van der Waals surface area contributed by atoms with Crippen LogP contribution in [0.3, 0.4) is 0 Å². The minimum Gasteiger partial charge on any atom is -0.497 e. The third-order valence-corrected chi connectivity index (χ3v) is 6.16. The number of carbonyl (C=O) groups excluding carboxylic acids is 1. The summed E-state index contributed by atoms with van der Waals surface area (Å²) in [4.78, 5) is 12.5. The van der Waals surface area contributed by atoms with Crippen molar-refractivity contribution >= 4 is 38.1 Å². The Labute approximate surface area is 184 Å². The maximum atomic E-state index is 12.5. The van der Waals surface area contributed by atoms with Crippen LogP contribution in [0.1, 0.15) is 6.92 Å². The van der Waals surface area contributed by atoms with Gasteiger partial charge in [-0.2, -0.15) is 0 Å². The average molecular weight is 463 g/mol. The topological polar surface area (TPSA) is 111 Å². The summed E-state index contributed by atoms with van der Waals surface area (Å²) in [6.45, 7) is 1.96. The van der Waals surface area contributed by atoms with E-state index < -0.39 is 22.5 Å². The van der Waals surface area contributed by atoms with Crippen molar-refractivity contribution in [3.05, 3.63) is 48.5 Å². The third kappa shape index (κ3) is 5.92. The van der Waals surface area contributed by atoms with E-state index >= 15 is 0 Å². The van der Waals surface area contributed by atoms with Crippen LogP contribution in [-0.4, -0.2) is 51.0 Å². The van der Waals surface area contributed by atoms with Gasteiger partial charge in [-0.25, -0.2) is 8.42 Å². The smallest absolute Gasteiger partial charge is 0.246 e. The molecule has 1 heterocycles. The summed E-state index contributed by atoms with van der Waals surface area (Å²) < 4.78 is 36.0. The summed E-state index contributed by atoms with van der Waals surface area (Å²) in [5, 5.41) is 11.5. The number of carbonyl (C=O) groups is 1. The third-order valence-electron chi connectivity index (χ3n) is 4.13. The molecular formula is C20H22N4O5S2. The minimum absolute atomic E-state index is 0.274. The molecule has 0 atom stereocenters. The number of rotatable bonds is 9. The molecule has 2 aromatic carbocycles. The minimum atomic E-state index is -3.69. The highest BCUT2D eigenvalue weighted by Crippen LogP contribution is 2.28. The molecule has 3 rings (SSSR count). The lowest BCUT2D eigenvalue weighted by Crippen LogP contribution is -2.37. The summed E-state index contributed by atoms with van der Waals surface area (Å²) >= 11 is 1.19. The van der Waals surface area contributed by atoms with Gasteiger partial charge in [0.05, 0.1) is 25.7 Å². The van der Waals surface area contributed by atoms with Crippen molar-refractivity contribution in [2.75, 3.05) is 36.1 Å². The Balaban J connectivity index is 1.70. The molecule has 0 fully saturated rings. The second-order valence-corrected chi connectivity index (χ2v) is 9.27. The molecule has 31 heavy (non-hydrogen) atoms. The maximum Gasteiger partial charge on any atom is 0.246 e. The summed E-state index contributed by atoms with van der Waals surface area (Å²) in [7, 11) is -2.10. The Morgan fingerprint density at radius 3 is 2.29 bits per heavy atom. The molecule has 1 aromatic heterocycles. The molecule has 1 N–H and O–H groups in total. The van der Waals surface area contributed by atoms with Crippen LogP contribution in [0, 0.1) is 0 Å². The number of benzene rings is 2. The molecule has 0 aliphatic carbocycles. The molecule has 1 amide bonds. The zero-order valence-electron chi connectivity index (χ0n) is 17.2. The molecule has 0 saturated carbocycles. The number of hydrogen-bond donors (Lipinski definition) is 1. The van der Waals surface area contributed by atoms with Gasteiger partial charge in [-0.1, -0.05) is 11.3 Å². The standard InChI is InChI=1S/C20H22N4O5S2/c1-4-29-17-11-7-15(8-12-17)24(31(3,26)27)13-18(25)21-20-23-22-19(30-20)14-5-9-16(28-2)10-6-14/h5-12H,4,13H2,1-3H3,(H,21,23,25). The van der Waals surface area contributed by atoms with Crippen LogP contribution < -0.4 is 19.1 Å². The van der Waals surface area contributed by atoms with Gasteiger partial charge in [0.2, 0.25) is 21.1 Å². The van der Waals surface area contributed by atoms with E-state index in [4.69, 9.17) is 9.47 Å². The first-order valence-electron chi connectivity index (χ1n) is 9.28. The summed E-state index contributed by atoms with van der Waals surface area (Å²) in [6, 6.07) is 13.8. The number of hydrogen-bond acceptors (Lipinski definition) is 8. The van der Waals surface area contributed by atoms with Crippen molar-refractivity contribution in [3.8, 4) is 22.1 Å². The van der Waals surface area contributed by atoms with Gasteiger partial charge in [0.15, 0.2) is 0 Å². The van der Waals surface area contributed by atoms with Crippen LogP contribution in [0.4, 0.5) is 10.8 Å². The fourth-order valence-electron chi connectivity index (χ4n) is 2.69. The van der Waals surface area contributed by atoms with E-state index in [2.05, 4.69) is 15.5 Å². The van der Waals surface area contributed by atoms with Crippen LogP contribution in [0.5, 0.6) is 11.5 Å². The molecule has 0 saturated heterocycles. The molecule has 0 bridgehead atoms. The number of nitrogens with zero attached hydrogens (tertiary/aromatic N) is 3. The Morgan fingerprint density at radius 1 is 1.06 bits per heavy atom. The number of sulfonamides is 1. The van der Waals surface area contributed by atoms with Gasteiger partial charge < -0.3 is 9.47 Å². The molecule has 0 aliphatic heterocycles. The normalized spacial score (nSPS) is 11.1. The fourth-order valence-corrected chi connectivity index (χ4v) is 4.31. The highest BCUT2D eigenvalue weighted by Gasteiger charge is 2.22. The Hall–Kier alpha value is -3.18. The highest BCUT2D eigenvalue weighted by atomic mass is 32.2. The summed E-state index contributed by atoms with van der Waals surface area (Å²) in [5.74, 6) is 0.803. The second-order valence-electron chi connectivity index (χ2n) is 6.39. The predicted octanol–water partition coefficient (Wildman–Crippen LogP) is 3.02. The number of methoxy groups -OCH3 is 1. The van der Waals surface area contributed by atoms with Gasteiger partial charge in [0, 0.05) is 5.56 Å². The van der Waals surface area contributed by atoms with E-state index in [1.54, 1.807) is 43.5 Å². The number of nitrogens with one attached hydrogen (secondary N) is 1. The van der Waals surface area contributed by atoms with Gasteiger partial charge in [0.1, 0.15) is 23.1 Å². The number of aromatic nitrogens is 2. The van der Waals surface area contributed by atoms with Gasteiger partial charge in [-0.15, -0.1) is 10.2 Å². The van der Waals surface area contributed by atoms with Crippen LogP contribution >= 0.6 is 11.3 Å². The van der Waals surface area contributed by atoms with Gasteiger partial charge in [0.25, 0.3) is 0 Å². The lowest BCUT2D eigenvalue weighted by atomic mass is 10.2. The molecule has 9 nitrogen and oxygen atoms in total. The van der Waals surface area contributed by atoms with Crippen molar-refractivity contribution in [1.82, 2.24) is 10.2 Å². The molecule has 3 aromatic rings. The fraction of sp³-hybridized carbons (Fsp3) is 0.250. The molecular weight excluding hydrogens is 440 g/mol. The van der Waals surface area contributed by atoms with Gasteiger partial charge in [-0.05, 0) is 55.5 Å². The van der Waals surface area contributed by atoms with Crippen molar-refractivity contribution in [1.29, 1.82) is 0 Å². The van der Waals surface area contributed by atoms with Crippen molar-refractivity contribution < 1.29 is 22.7 Å². The molecule has 11 heteroatoms. The Kier molecular flexibility index (Phi) is 7.08. The van der Waals surface area contributed by atoms with Gasteiger partial charge >= 0.3 is 0 Å². The van der Waals surface area contributed by atoms with Crippen molar-refractivity contribution in [3.63, 3.8) is 0 Å². The zero-order valence-corrected chi connectivity index (χ0v) is 18.9. The van der Waals surface area contributed by atoms with E-state index in [0.29, 0.717) is 23.1 Å². The largest absolute Gasteiger partial charge is 0.497 e. The quantitative estimate of drug-likeness (QED) is 0.520. The van der Waals surface area contributed by atoms with Crippen molar-refractivity contribution in [2.45, 2.75) is 6.92 Å². The molecule has 0 aliphatic rings. The van der Waals surface area contributed by atoms with Gasteiger partial charge in [-0.3, -0.25) is 14.4 Å². The molecule has 0 spiro atoms. The second kappa shape index (κ2) is 9.75. The Bertz CT molecular complexity index is 1130. The monoisotopic (exact) mass is 462 g/mol. The first-order chi connectivity index (χ1) is 14.8. The first kappa shape index (κ1) is 22.5. The zero-order chi connectivity index (χ0) is 22.4. The number of ether oxygens (including phenoxy) is 2. The molecule has 0 radical (unpaired) electrons. The first-order valence-corrected chi connectivity index (χ1v) is 11.9. The van der Waals surface area contributed by atoms with Crippen LogP contribution in [0.15, 0.2) is 48.5 Å². The lowest BCUT2D eigenvalue weighted by molar-refractivity contribution is -0.114. The Morgan fingerprint density at radius 2 is 1.71 bits per heavy atom.